The molecule has 2 aromatic heterocycles. The average molecular weight is 538 g/mol. The summed E-state index contributed by atoms with van der Waals surface area (Å²) in [6.07, 6.45) is 6.01. The van der Waals surface area contributed by atoms with E-state index in [4.69, 9.17) is 16.7 Å². The molecule has 0 radical (unpaired) electrons. The van der Waals surface area contributed by atoms with Crippen LogP contribution in [0.15, 0.2) is 48.9 Å². The van der Waals surface area contributed by atoms with Crippen LogP contribution < -0.4 is 0 Å². The van der Waals surface area contributed by atoms with Crippen LogP contribution >= 0.6 is 11.6 Å². The molecular weight excluding hydrogens is 520 g/mol. The van der Waals surface area contributed by atoms with E-state index in [2.05, 4.69) is 25.5 Å². The number of carboxylic acids is 1. The number of aromatic amines is 1. The second-order valence-corrected chi connectivity index (χ2v) is 9.45. The lowest BCUT2D eigenvalue weighted by Crippen LogP contribution is -2.39. The number of carbonyl (C=O) groups is 2. The van der Waals surface area contributed by atoms with Gasteiger partial charge in [-0.25, -0.2) is 18.6 Å². The molecule has 10 nitrogen and oxygen atoms in total. The molecule has 0 saturated carbocycles. The standard InChI is InChI=1S/C25H18ClF2N7O3/c26-16-4-6-19(34-11-30-32-33-34)22(23(16)28)13-7-14-2-5-20(35(14)21(36)9-13)24-29-10-18(31-24)12-1-3-15(25(37)38)17(27)8-12/h1,3-4,6,8-11,14,20H,2,5,7H2,(H,29,31)(H,37,38)/t14?,20-/m0/s1. The van der Waals surface area contributed by atoms with Crippen molar-refractivity contribution in [2.75, 3.05) is 0 Å². The van der Waals surface area contributed by atoms with E-state index in [1.165, 1.54) is 35.3 Å². The van der Waals surface area contributed by atoms with Crippen LogP contribution in [-0.2, 0) is 4.79 Å². The number of nitrogens with one attached hydrogen (secondary N) is 1. The molecule has 0 bridgehead atoms. The molecule has 2 aromatic carbocycles. The molecule has 6 rings (SSSR count). The molecule has 2 N–H and O–H groups in total. The van der Waals surface area contributed by atoms with Gasteiger partial charge in [0.25, 0.3) is 0 Å². The topological polar surface area (TPSA) is 130 Å². The van der Waals surface area contributed by atoms with Gasteiger partial charge in [0.15, 0.2) is 5.82 Å². The van der Waals surface area contributed by atoms with E-state index in [0.717, 1.165) is 6.07 Å². The first-order valence-electron chi connectivity index (χ1n) is 11.6. The number of carboxylic acid groups (broad SMARTS) is 1. The van der Waals surface area contributed by atoms with Gasteiger partial charge in [-0.15, -0.1) is 5.10 Å². The highest BCUT2D eigenvalue weighted by molar-refractivity contribution is 6.31. The maximum atomic E-state index is 15.3. The lowest BCUT2D eigenvalue weighted by atomic mass is 9.92. The number of amides is 1. The van der Waals surface area contributed by atoms with Gasteiger partial charge in [-0.1, -0.05) is 17.7 Å². The van der Waals surface area contributed by atoms with E-state index in [0.29, 0.717) is 47.6 Å². The molecule has 2 aliphatic heterocycles. The Morgan fingerprint density at radius 1 is 1.18 bits per heavy atom. The van der Waals surface area contributed by atoms with Gasteiger partial charge in [-0.2, -0.15) is 4.68 Å². The highest BCUT2D eigenvalue weighted by Gasteiger charge is 2.42. The molecule has 2 atom stereocenters. The lowest BCUT2D eigenvalue weighted by molar-refractivity contribution is -0.129. The first kappa shape index (κ1) is 23.9. The van der Waals surface area contributed by atoms with Gasteiger partial charge in [0.2, 0.25) is 5.91 Å². The molecule has 2 aliphatic rings. The fourth-order valence-corrected chi connectivity index (χ4v) is 5.36. The highest BCUT2D eigenvalue weighted by Crippen LogP contribution is 2.44. The van der Waals surface area contributed by atoms with E-state index >= 15 is 4.39 Å². The molecule has 1 unspecified atom stereocenters. The molecule has 4 heterocycles. The molecule has 0 aliphatic carbocycles. The third-order valence-electron chi connectivity index (χ3n) is 6.91. The van der Waals surface area contributed by atoms with E-state index in [1.807, 2.05) is 0 Å². The Morgan fingerprint density at radius 3 is 2.76 bits per heavy atom. The van der Waals surface area contributed by atoms with Gasteiger partial charge < -0.3 is 15.0 Å². The van der Waals surface area contributed by atoms with Crippen LogP contribution in [0.3, 0.4) is 0 Å². The van der Waals surface area contributed by atoms with Crippen molar-refractivity contribution in [3.63, 3.8) is 0 Å². The summed E-state index contributed by atoms with van der Waals surface area (Å²) in [6, 6.07) is 6.24. The normalized spacial score (nSPS) is 19.0. The van der Waals surface area contributed by atoms with Crippen LogP contribution in [0.4, 0.5) is 8.78 Å². The zero-order chi connectivity index (χ0) is 26.6. The quantitative estimate of drug-likeness (QED) is 0.390. The van der Waals surface area contributed by atoms with Crippen molar-refractivity contribution in [1.29, 1.82) is 0 Å². The van der Waals surface area contributed by atoms with E-state index in [1.54, 1.807) is 17.2 Å². The number of aromatic carboxylic acids is 1. The molecule has 0 spiro atoms. The number of carbonyl (C=O) groups excluding carboxylic acids is 1. The molecule has 38 heavy (non-hydrogen) atoms. The monoisotopic (exact) mass is 537 g/mol. The summed E-state index contributed by atoms with van der Waals surface area (Å²) in [5.74, 6) is -2.64. The fourth-order valence-electron chi connectivity index (χ4n) is 5.21. The number of benzene rings is 2. The molecule has 4 aromatic rings. The number of H-pyrrole nitrogens is 1. The van der Waals surface area contributed by atoms with Gasteiger partial charge in [-0.05, 0) is 59.5 Å². The average Bonchev–Trinajstić information content (AvgIpc) is 3.66. The number of fused-ring (bicyclic) bond motifs is 1. The summed E-state index contributed by atoms with van der Waals surface area (Å²) in [4.78, 5) is 33.8. The van der Waals surface area contributed by atoms with Crippen molar-refractivity contribution in [2.24, 2.45) is 0 Å². The van der Waals surface area contributed by atoms with Crippen molar-refractivity contribution in [3.05, 3.63) is 82.5 Å². The second-order valence-electron chi connectivity index (χ2n) is 9.05. The summed E-state index contributed by atoms with van der Waals surface area (Å²) in [5.41, 5.74) is 1.44. The predicted octanol–water partition coefficient (Wildman–Crippen LogP) is 4.20. The molecule has 1 fully saturated rings. The SMILES string of the molecule is O=C(O)c1ccc(-c2c[nH]c([C@@H]3CCC4CC(c5c(-n6cnnn6)ccc(Cl)c5F)=CC(=O)N43)n2)cc1F. The maximum Gasteiger partial charge on any atom is 0.338 e. The van der Waals surface area contributed by atoms with E-state index < -0.39 is 23.2 Å². The van der Waals surface area contributed by atoms with E-state index in [9.17, 15) is 14.0 Å². The van der Waals surface area contributed by atoms with Crippen LogP contribution in [0.25, 0.3) is 22.5 Å². The third-order valence-corrected chi connectivity index (χ3v) is 7.20. The van der Waals surface area contributed by atoms with Crippen molar-refractivity contribution in [2.45, 2.75) is 31.3 Å². The zero-order valence-electron chi connectivity index (χ0n) is 19.5. The van der Waals surface area contributed by atoms with E-state index in [-0.39, 0.29) is 28.6 Å². The largest absolute Gasteiger partial charge is 0.478 e. The third kappa shape index (κ3) is 3.93. The second kappa shape index (κ2) is 9.14. The number of hydrogen-bond acceptors (Lipinski definition) is 6. The van der Waals surface area contributed by atoms with Crippen molar-refractivity contribution < 1.29 is 23.5 Å². The van der Waals surface area contributed by atoms with Gasteiger partial charge in [0.05, 0.1) is 28.0 Å². The minimum Gasteiger partial charge on any atom is -0.478 e. The smallest absolute Gasteiger partial charge is 0.338 e. The van der Waals surface area contributed by atoms with Gasteiger partial charge in [-0.3, -0.25) is 4.79 Å². The van der Waals surface area contributed by atoms with Gasteiger partial charge in [0, 0.05) is 29.4 Å². The Labute approximate surface area is 218 Å². The predicted molar refractivity (Wildman–Crippen MR) is 130 cm³/mol. The Kier molecular flexibility index (Phi) is 5.75. The van der Waals surface area contributed by atoms with Crippen molar-refractivity contribution >= 4 is 29.1 Å². The number of hydrogen-bond donors (Lipinski definition) is 2. The molecule has 1 saturated heterocycles. The van der Waals surface area contributed by atoms with Crippen LogP contribution in [0.2, 0.25) is 5.02 Å². The van der Waals surface area contributed by atoms with Crippen LogP contribution in [0, 0.1) is 11.6 Å². The summed E-state index contributed by atoms with van der Waals surface area (Å²) in [6.45, 7) is 0. The Morgan fingerprint density at radius 2 is 2.03 bits per heavy atom. The molecule has 192 valence electrons. The van der Waals surface area contributed by atoms with Crippen molar-refractivity contribution in [3.8, 4) is 16.9 Å². The minimum absolute atomic E-state index is 0.0761. The number of nitrogens with zero attached hydrogens (tertiary/aromatic N) is 6. The molecule has 1 amide bonds. The summed E-state index contributed by atoms with van der Waals surface area (Å²) in [5, 5.41) is 20.1. The van der Waals surface area contributed by atoms with Crippen molar-refractivity contribution in [1.82, 2.24) is 35.1 Å². The van der Waals surface area contributed by atoms with Crippen LogP contribution in [0.5, 0.6) is 0 Å². The first-order valence-corrected chi connectivity index (χ1v) is 12.0. The highest BCUT2D eigenvalue weighted by atomic mass is 35.5. The number of aromatic nitrogens is 6. The number of halogens is 3. The Bertz CT molecular complexity index is 1620. The van der Waals surface area contributed by atoms with Crippen LogP contribution in [-0.4, -0.2) is 58.1 Å². The maximum absolute atomic E-state index is 15.3. The van der Waals surface area contributed by atoms with Crippen LogP contribution in [0.1, 0.15) is 47.1 Å². The zero-order valence-corrected chi connectivity index (χ0v) is 20.2. The number of tetrazole rings is 1. The minimum atomic E-state index is -1.35. The molecule has 13 heteroatoms. The fraction of sp³-hybridized carbons (Fsp3) is 0.200. The van der Waals surface area contributed by atoms with Gasteiger partial charge in [0.1, 0.15) is 18.0 Å². The number of rotatable bonds is 5. The Hall–Kier alpha value is -4.45. The summed E-state index contributed by atoms with van der Waals surface area (Å²) < 4.78 is 30.8. The van der Waals surface area contributed by atoms with Gasteiger partial charge >= 0.3 is 5.97 Å². The number of imidazole rings is 1. The molecular formula is C25H18ClF2N7O3. The first-order chi connectivity index (χ1) is 18.3. The lowest BCUT2D eigenvalue weighted by Gasteiger charge is -2.33. The Balaban J connectivity index is 1.30. The summed E-state index contributed by atoms with van der Waals surface area (Å²) in [7, 11) is 0. The summed E-state index contributed by atoms with van der Waals surface area (Å²) >= 11 is 6.08.